The molecule has 0 aliphatic rings. The van der Waals surface area contributed by atoms with Crippen LogP contribution in [-0.2, 0) is 0 Å². The smallest absolute Gasteiger partial charge is 0.196 e. The van der Waals surface area contributed by atoms with Crippen LogP contribution >= 0.6 is 0 Å². The highest BCUT2D eigenvalue weighted by molar-refractivity contribution is 6.09. The van der Waals surface area contributed by atoms with Crippen LogP contribution < -0.4 is 4.74 Å². The lowest BCUT2D eigenvalue weighted by atomic mass is 10.0. The molecule has 0 bridgehead atoms. The molecule has 0 spiro atoms. The zero-order valence-electron chi connectivity index (χ0n) is 10.8. The van der Waals surface area contributed by atoms with Crippen LogP contribution in [-0.4, -0.2) is 16.9 Å². The SMILES string of the molecule is CC(C)Oc1ccc(C(=O)c2ccncc2F)cc1. The van der Waals surface area contributed by atoms with Gasteiger partial charge in [-0.05, 0) is 44.2 Å². The molecule has 98 valence electrons. The van der Waals surface area contributed by atoms with Gasteiger partial charge >= 0.3 is 0 Å². The van der Waals surface area contributed by atoms with Crippen molar-refractivity contribution in [3.8, 4) is 5.75 Å². The molecule has 0 saturated heterocycles. The van der Waals surface area contributed by atoms with Gasteiger partial charge in [-0.15, -0.1) is 0 Å². The van der Waals surface area contributed by atoms with Crippen LogP contribution in [0.3, 0.4) is 0 Å². The van der Waals surface area contributed by atoms with Gasteiger partial charge in [0.05, 0.1) is 17.9 Å². The van der Waals surface area contributed by atoms with Crippen molar-refractivity contribution in [2.45, 2.75) is 20.0 Å². The lowest BCUT2D eigenvalue weighted by Gasteiger charge is -2.09. The highest BCUT2D eigenvalue weighted by atomic mass is 19.1. The molecule has 0 aliphatic heterocycles. The first-order valence-electron chi connectivity index (χ1n) is 5.99. The van der Waals surface area contributed by atoms with E-state index in [0.717, 1.165) is 6.20 Å². The fraction of sp³-hybridized carbons (Fsp3) is 0.200. The number of pyridine rings is 1. The molecule has 0 unspecified atom stereocenters. The van der Waals surface area contributed by atoms with E-state index in [4.69, 9.17) is 4.74 Å². The van der Waals surface area contributed by atoms with Crippen molar-refractivity contribution in [1.29, 1.82) is 0 Å². The molecule has 0 atom stereocenters. The molecule has 3 nitrogen and oxygen atoms in total. The second kappa shape index (κ2) is 5.61. The third-order valence-electron chi connectivity index (χ3n) is 2.51. The molecule has 0 fully saturated rings. The van der Waals surface area contributed by atoms with E-state index in [1.165, 1.54) is 12.3 Å². The Kier molecular flexibility index (Phi) is 3.90. The van der Waals surface area contributed by atoms with Gasteiger partial charge in [-0.1, -0.05) is 0 Å². The number of hydrogen-bond donors (Lipinski definition) is 0. The highest BCUT2D eigenvalue weighted by Gasteiger charge is 2.13. The minimum absolute atomic E-state index is 0.0209. The summed E-state index contributed by atoms with van der Waals surface area (Å²) in [6, 6.07) is 8.02. The van der Waals surface area contributed by atoms with Crippen LogP contribution in [0.15, 0.2) is 42.7 Å². The summed E-state index contributed by atoms with van der Waals surface area (Å²) in [5.41, 5.74) is 0.439. The molecule has 0 amide bonds. The molecule has 1 aromatic heterocycles. The summed E-state index contributed by atoms with van der Waals surface area (Å²) < 4.78 is 19.0. The van der Waals surface area contributed by atoms with E-state index in [1.54, 1.807) is 24.3 Å². The van der Waals surface area contributed by atoms with Crippen LogP contribution in [0.1, 0.15) is 29.8 Å². The van der Waals surface area contributed by atoms with Gasteiger partial charge in [0.25, 0.3) is 0 Å². The van der Waals surface area contributed by atoms with E-state index in [1.807, 2.05) is 13.8 Å². The number of aromatic nitrogens is 1. The lowest BCUT2D eigenvalue weighted by molar-refractivity contribution is 0.103. The Balaban J connectivity index is 2.23. The molecule has 1 heterocycles. The Morgan fingerprint density at radius 2 is 1.89 bits per heavy atom. The fourth-order valence-corrected chi connectivity index (χ4v) is 1.67. The standard InChI is InChI=1S/C15H14FNO2/c1-10(2)19-12-5-3-11(4-6-12)15(18)13-7-8-17-9-14(13)16/h3-10H,1-2H3. The molecule has 1 aromatic carbocycles. The van der Waals surface area contributed by atoms with E-state index >= 15 is 0 Å². The van der Waals surface area contributed by atoms with Crippen LogP contribution in [0.4, 0.5) is 4.39 Å². The Bertz CT molecular complexity index is 579. The Labute approximate surface area is 111 Å². The van der Waals surface area contributed by atoms with Gasteiger partial charge in [-0.3, -0.25) is 9.78 Å². The predicted octanol–water partition coefficient (Wildman–Crippen LogP) is 3.24. The monoisotopic (exact) mass is 259 g/mol. The third kappa shape index (κ3) is 3.16. The maximum atomic E-state index is 13.5. The molecule has 0 aliphatic carbocycles. The van der Waals surface area contributed by atoms with Gasteiger partial charge in [0.1, 0.15) is 5.75 Å². The van der Waals surface area contributed by atoms with E-state index in [-0.39, 0.29) is 17.5 Å². The molecule has 4 heteroatoms. The second-order valence-electron chi connectivity index (χ2n) is 4.38. The predicted molar refractivity (Wildman–Crippen MR) is 69.8 cm³/mol. The van der Waals surface area contributed by atoms with E-state index in [0.29, 0.717) is 11.3 Å². The number of ether oxygens (including phenoxy) is 1. The van der Waals surface area contributed by atoms with Gasteiger partial charge in [0, 0.05) is 11.8 Å². The minimum Gasteiger partial charge on any atom is -0.491 e. The first-order chi connectivity index (χ1) is 9.08. The summed E-state index contributed by atoms with van der Waals surface area (Å²) >= 11 is 0. The normalized spacial score (nSPS) is 10.5. The Morgan fingerprint density at radius 1 is 1.21 bits per heavy atom. The number of hydrogen-bond acceptors (Lipinski definition) is 3. The number of nitrogens with zero attached hydrogens (tertiary/aromatic N) is 1. The first-order valence-corrected chi connectivity index (χ1v) is 5.99. The molecule has 2 rings (SSSR count). The highest BCUT2D eigenvalue weighted by Crippen LogP contribution is 2.17. The van der Waals surface area contributed by atoms with Crippen molar-refractivity contribution < 1.29 is 13.9 Å². The Morgan fingerprint density at radius 3 is 2.47 bits per heavy atom. The van der Waals surface area contributed by atoms with Crippen LogP contribution in [0, 0.1) is 5.82 Å². The van der Waals surface area contributed by atoms with Crippen molar-refractivity contribution in [3.63, 3.8) is 0 Å². The molecule has 0 saturated carbocycles. The van der Waals surface area contributed by atoms with Gasteiger partial charge < -0.3 is 4.74 Å². The average Bonchev–Trinajstić information content (AvgIpc) is 2.39. The molecule has 0 N–H and O–H groups in total. The summed E-state index contributed by atoms with van der Waals surface area (Å²) in [7, 11) is 0. The second-order valence-corrected chi connectivity index (χ2v) is 4.38. The number of carbonyl (C=O) groups is 1. The number of ketones is 1. The van der Waals surface area contributed by atoms with E-state index in [2.05, 4.69) is 4.98 Å². The molecular weight excluding hydrogens is 245 g/mol. The molecule has 19 heavy (non-hydrogen) atoms. The topological polar surface area (TPSA) is 39.2 Å². The van der Waals surface area contributed by atoms with Crippen molar-refractivity contribution in [2.24, 2.45) is 0 Å². The fourth-order valence-electron chi connectivity index (χ4n) is 1.67. The first kappa shape index (κ1) is 13.2. The van der Waals surface area contributed by atoms with E-state index < -0.39 is 5.82 Å². The Hall–Kier alpha value is -2.23. The summed E-state index contributed by atoms with van der Waals surface area (Å²) in [4.78, 5) is 15.7. The summed E-state index contributed by atoms with van der Waals surface area (Å²) in [6.07, 6.45) is 2.50. The zero-order chi connectivity index (χ0) is 13.8. The zero-order valence-corrected chi connectivity index (χ0v) is 10.8. The maximum Gasteiger partial charge on any atom is 0.196 e. The quantitative estimate of drug-likeness (QED) is 0.791. The third-order valence-corrected chi connectivity index (χ3v) is 2.51. The molecular formula is C15H14FNO2. The van der Waals surface area contributed by atoms with Crippen molar-refractivity contribution >= 4 is 5.78 Å². The van der Waals surface area contributed by atoms with Crippen molar-refractivity contribution in [1.82, 2.24) is 4.98 Å². The van der Waals surface area contributed by atoms with Crippen LogP contribution in [0.25, 0.3) is 0 Å². The number of rotatable bonds is 4. The number of benzene rings is 1. The van der Waals surface area contributed by atoms with Crippen molar-refractivity contribution in [3.05, 3.63) is 59.7 Å². The minimum atomic E-state index is -0.616. The molecule has 0 radical (unpaired) electrons. The van der Waals surface area contributed by atoms with Crippen molar-refractivity contribution in [2.75, 3.05) is 0 Å². The maximum absolute atomic E-state index is 13.5. The molecule has 2 aromatic rings. The number of carbonyl (C=O) groups excluding carboxylic acids is 1. The summed E-state index contributed by atoms with van der Waals surface area (Å²) in [5.74, 6) is -0.298. The summed E-state index contributed by atoms with van der Waals surface area (Å²) in [6.45, 7) is 3.84. The van der Waals surface area contributed by atoms with Crippen LogP contribution in [0.5, 0.6) is 5.75 Å². The van der Waals surface area contributed by atoms with E-state index in [9.17, 15) is 9.18 Å². The average molecular weight is 259 g/mol. The summed E-state index contributed by atoms with van der Waals surface area (Å²) in [5, 5.41) is 0. The lowest BCUT2D eigenvalue weighted by Crippen LogP contribution is -2.07. The van der Waals surface area contributed by atoms with Gasteiger partial charge in [0.15, 0.2) is 11.6 Å². The van der Waals surface area contributed by atoms with Gasteiger partial charge in [-0.25, -0.2) is 4.39 Å². The van der Waals surface area contributed by atoms with Gasteiger partial charge in [0.2, 0.25) is 0 Å². The largest absolute Gasteiger partial charge is 0.491 e. The van der Waals surface area contributed by atoms with Gasteiger partial charge in [-0.2, -0.15) is 0 Å². The number of halogens is 1. The van der Waals surface area contributed by atoms with Crippen LogP contribution in [0.2, 0.25) is 0 Å².